The van der Waals surface area contributed by atoms with Gasteiger partial charge in [-0.3, -0.25) is 0 Å². The Morgan fingerprint density at radius 1 is 1.05 bits per heavy atom. The summed E-state index contributed by atoms with van der Waals surface area (Å²) in [5.41, 5.74) is 6.17. The molecule has 19 heavy (non-hydrogen) atoms. The van der Waals surface area contributed by atoms with E-state index in [0.717, 1.165) is 18.8 Å². The summed E-state index contributed by atoms with van der Waals surface area (Å²) in [6.07, 6.45) is 13.8. The van der Waals surface area contributed by atoms with E-state index in [1.807, 2.05) is 0 Å². The van der Waals surface area contributed by atoms with Crippen LogP contribution in [0.5, 0.6) is 0 Å². The van der Waals surface area contributed by atoms with E-state index in [1.165, 1.54) is 57.8 Å². The monoisotopic (exact) mass is 267 g/mol. The molecule has 3 unspecified atom stereocenters. The molecule has 2 rings (SSSR count). The Bertz CT molecular complexity index is 258. The Morgan fingerprint density at radius 2 is 1.68 bits per heavy atom. The molecule has 0 aliphatic heterocycles. The fourth-order valence-electron chi connectivity index (χ4n) is 4.50. The van der Waals surface area contributed by atoms with Crippen LogP contribution in [-0.2, 0) is 0 Å². The lowest BCUT2D eigenvalue weighted by molar-refractivity contribution is -0.0460. The van der Waals surface area contributed by atoms with Crippen LogP contribution < -0.4 is 5.73 Å². The Balaban J connectivity index is 2.04. The molecule has 0 aromatic rings. The molecule has 0 amide bonds. The fourth-order valence-corrected chi connectivity index (χ4v) is 4.50. The minimum absolute atomic E-state index is 0.0299. The number of aliphatic hydroxyl groups is 1. The largest absolute Gasteiger partial charge is 0.392 e. The maximum absolute atomic E-state index is 11.0. The first-order valence-corrected chi connectivity index (χ1v) is 8.56. The predicted octanol–water partition coefficient (Wildman–Crippen LogP) is 3.86. The number of nitrogens with two attached hydrogens (primary N) is 1. The molecule has 112 valence electrons. The van der Waals surface area contributed by atoms with Gasteiger partial charge in [-0.25, -0.2) is 0 Å². The van der Waals surface area contributed by atoms with Gasteiger partial charge in [0.1, 0.15) is 0 Å². The zero-order valence-corrected chi connectivity index (χ0v) is 12.7. The van der Waals surface area contributed by atoms with Crippen molar-refractivity contribution in [3.05, 3.63) is 0 Å². The average molecular weight is 267 g/mol. The first-order chi connectivity index (χ1) is 9.18. The van der Waals surface area contributed by atoms with Gasteiger partial charge in [0, 0.05) is 12.0 Å². The van der Waals surface area contributed by atoms with E-state index in [0.29, 0.717) is 12.5 Å². The second kappa shape index (κ2) is 7.08. The van der Waals surface area contributed by atoms with Gasteiger partial charge in [-0.2, -0.15) is 0 Å². The summed E-state index contributed by atoms with van der Waals surface area (Å²) < 4.78 is 0. The van der Waals surface area contributed by atoms with E-state index in [9.17, 15) is 5.11 Å². The van der Waals surface area contributed by atoms with E-state index in [-0.39, 0.29) is 11.5 Å². The lowest BCUT2D eigenvalue weighted by Crippen LogP contribution is -2.47. The quantitative estimate of drug-likeness (QED) is 0.815. The molecule has 0 aromatic heterocycles. The number of hydrogen-bond donors (Lipinski definition) is 2. The summed E-state index contributed by atoms with van der Waals surface area (Å²) in [7, 11) is 0. The maximum atomic E-state index is 11.0. The second-order valence-corrected chi connectivity index (χ2v) is 7.31. The molecule has 0 saturated heterocycles. The van der Waals surface area contributed by atoms with Gasteiger partial charge < -0.3 is 10.8 Å². The van der Waals surface area contributed by atoms with Crippen LogP contribution in [0.2, 0.25) is 0 Å². The molecule has 3 N–H and O–H groups in total. The van der Waals surface area contributed by atoms with Crippen molar-refractivity contribution in [3.8, 4) is 0 Å². The topological polar surface area (TPSA) is 46.2 Å². The first-order valence-electron chi connectivity index (χ1n) is 8.56. The third kappa shape index (κ3) is 3.72. The van der Waals surface area contributed by atoms with Gasteiger partial charge in [-0.15, -0.1) is 0 Å². The van der Waals surface area contributed by atoms with Crippen LogP contribution >= 0.6 is 0 Å². The van der Waals surface area contributed by atoms with Crippen molar-refractivity contribution >= 4 is 0 Å². The van der Waals surface area contributed by atoms with Crippen molar-refractivity contribution in [3.63, 3.8) is 0 Å². The lowest BCUT2D eigenvalue weighted by atomic mass is 9.65. The highest BCUT2D eigenvalue weighted by molar-refractivity contribution is 4.93. The molecule has 0 radical (unpaired) electrons. The van der Waals surface area contributed by atoms with Gasteiger partial charge in [-0.05, 0) is 37.5 Å². The molecular formula is C17H33NO. The van der Waals surface area contributed by atoms with Gasteiger partial charge in [0.05, 0.1) is 6.10 Å². The minimum atomic E-state index is -0.154. The zero-order valence-electron chi connectivity index (χ0n) is 12.7. The molecule has 0 heterocycles. The maximum Gasteiger partial charge on any atom is 0.0636 e. The molecule has 2 aliphatic rings. The molecule has 0 spiro atoms. The van der Waals surface area contributed by atoms with Gasteiger partial charge in [0.25, 0.3) is 0 Å². The number of aliphatic hydroxyl groups excluding tert-OH is 1. The summed E-state index contributed by atoms with van der Waals surface area (Å²) >= 11 is 0. The SMILES string of the molecule is CC1CCCC(C(O)C2(CN)CCCCCCC2)C1. The van der Waals surface area contributed by atoms with Crippen LogP contribution in [0.3, 0.4) is 0 Å². The van der Waals surface area contributed by atoms with E-state index >= 15 is 0 Å². The highest BCUT2D eigenvalue weighted by atomic mass is 16.3. The van der Waals surface area contributed by atoms with E-state index in [4.69, 9.17) is 5.73 Å². The van der Waals surface area contributed by atoms with Gasteiger partial charge >= 0.3 is 0 Å². The summed E-state index contributed by atoms with van der Waals surface area (Å²) in [6, 6.07) is 0. The number of rotatable bonds is 3. The van der Waals surface area contributed by atoms with Crippen molar-refractivity contribution in [2.45, 2.75) is 83.7 Å². The van der Waals surface area contributed by atoms with Crippen LogP contribution in [0.15, 0.2) is 0 Å². The summed E-state index contributed by atoms with van der Waals surface area (Å²) in [6.45, 7) is 3.02. The average Bonchev–Trinajstić information content (AvgIpc) is 2.39. The van der Waals surface area contributed by atoms with Crippen molar-refractivity contribution in [1.29, 1.82) is 0 Å². The standard InChI is InChI=1S/C17H33NO/c1-14-8-7-9-15(12-14)16(19)17(13-18)10-5-3-2-4-6-11-17/h14-16,19H,2-13,18H2,1H3. The predicted molar refractivity (Wildman–Crippen MR) is 80.9 cm³/mol. The lowest BCUT2D eigenvalue weighted by Gasteiger charge is -2.44. The molecular weight excluding hydrogens is 234 g/mol. The third-order valence-electron chi connectivity index (χ3n) is 5.81. The van der Waals surface area contributed by atoms with E-state index in [2.05, 4.69) is 6.92 Å². The van der Waals surface area contributed by atoms with Crippen LogP contribution in [0.1, 0.15) is 77.6 Å². The molecule has 0 aromatic carbocycles. The Hall–Kier alpha value is -0.0800. The second-order valence-electron chi connectivity index (χ2n) is 7.31. The Kier molecular flexibility index (Phi) is 5.70. The zero-order chi connectivity index (χ0) is 13.7. The molecule has 2 nitrogen and oxygen atoms in total. The Labute approximate surface area is 119 Å². The minimum Gasteiger partial charge on any atom is -0.392 e. The van der Waals surface area contributed by atoms with Crippen molar-refractivity contribution in [1.82, 2.24) is 0 Å². The first kappa shape index (κ1) is 15.3. The summed E-state index contributed by atoms with van der Waals surface area (Å²) in [5.74, 6) is 1.29. The van der Waals surface area contributed by atoms with Crippen molar-refractivity contribution in [2.75, 3.05) is 6.54 Å². The summed E-state index contributed by atoms with van der Waals surface area (Å²) in [5, 5.41) is 11.0. The van der Waals surface area contributed by atoms with Crippen LogP contribution in [0.4, 0.5) is 0 Å². The molecule has 3 atom stereocenters. The van der Waals surface area contributed by atoms with Crippen LogP contribution in [0, 0.1) is 17.3 Å². The fraction of sp³-hybridized carbons (Fsp3) is 1.00. The highest BCUT2D eigenvalue weighted by Crippen LogP contribution is 2.43. The Morgan fingerprint density at radius 3 is 2.26 bits per heavy atom. The summed E-state index contributed by atoms with van der Waals surface area (Å²) in [4.78, 5) is 0. The molecule has 2 saturated carbocycles. The van der Waals surface area contributed by atoms with Gasteiger partial charge in [-0.1, -0.05) is 51.9 Å². The van der Waals surface area contributed by atoms with Crippen LogP contribution in [0.25, 0.3) is 0 Å². The van der Waals surface area contributed by atoms with Crippen LogP contribution in [-0.4, -0.2) is 17.8 Å². The molecule has 2 aliphatic carbocycles. The smallest absolute Gasteiger partial charge is 0.0636 e. The third-order valence-corrected chi connectivity index (χ3v) is 5.81. The van der Waals surface area contributed by atoms with Crippen molar-refractivity contribution in [2.24, 2.45) is 23.0 Å². The highest BCUT2D eigenvalue weighted by Gasteiger charge is 2.41. The van der Waals surface area contributed by atoms with E-state index in [1.54, 1.807) is 0 Å². The van der Waals surface area contributed by atoms with Gasteiger partial charge in [0.15, 0.2) is 0 Å². The van der Waals surface area contributed by atoms with Gasteiger partial charge in [0.2, 0.25) is 0 Å². The molecule has 2 fully saturated rings. The van der Waals surface area contributed by atoms with Crippen molar-refractivity contribution < 1.29 is 5.11 Å². The molecule has 2 heteroatoms. The molecule has 0 bridgehead atoms. The normalized spacial score (nSPS) is 34.3. The number of hydrogen-bond acceptors (Lipinski definition) is 2. The van der Waals surface area contributed by atoms with E-state index < -0.39 is 0 Å².